The zero-order chi connectivity index (χ0) is 21.2. The molecule has 1 heterocycles. The van der Waals surface area contributed by atoms with E-state index in [0.29, 0.717) is 47.2 Å². The van der Waals surface area contributed by atoms with Gasteiger partial charge in [-0.25, -0.2) is 4.98 Å². The molecule has 5 nitrogen and oxygen atoms in total. The van der Waals surface area contributed by atoms with Crippen LogP contribution in [0.1, 0.15) is 17.5 Å². The van der Waals surface area contributed by atoms with Crippen molar-refractivity contribution in [3.8, 4) is 17.4 Å². The molecule has 0 bridgehead atoms. The Morgan fingerprint density at radius 3 is 2.63 bits per heavy atom. The molecule has 0 aliphatic carbocycles. The molecule has 0 aliphatic rings. The Labute approximate surface area is 186 Å². The third-order valence-corrected chi connectivity index (χ3v) is 4.79. The number of aromatic nitrogens is 1. The summed E-state index contributed by atoms with van der Waals surface area (Å²) < 4.78 is 17.0. The van der Waals surface area contributed by atoms with E-state index in [1.54, 1.807) is 13.3 Å². The zero-order valence-corrected chi connectivity index (χ0v) is 18.2. The summed E-state index contributed by atoms with van der Waals surface area (Å²) in [6.45, 7) is 2.42. The van der Waals surface area contributed by atoms with Gasteiger partial charge in [0.15, 0.2) is 11.5 Å². The molecule has 0 saturated carbocycles. The first-order valence-electron chi connectivity index (χ1n) is 9.64. The monoisotopic (exact) mass is 446 g/mol. The molecule has 0 amide bonds. The summed E-state index contributed by atoms with van der Waals surface area (Å²) in [6.07, 6.45) is 2.58. The number of hydrogen-bond acceptors (Lipinski definition) is 5. The Morgan fingerprint density at radius 1 is 0.967 bits per heavy atom. The molecule has 1 aromatic heterocycles. The minimum Gasteiger partial charge on any atom is -0.493 e. The van der Waals surface area contributed by atoms with Crippen LogP contribution in [0.3, 0.4) is 0 Å². The second kappa shape index (κ2) is 11.6. The fraction of sp³-hybridized carbons (Fsp3) is 0.261. The molecule has 7 heteroatoms. The van der Waals surface area contributed by atoms with E-state index < -0.39 is 0 Å². The van der Waals surface area contributed by atoms with Crippen molar-refractivity contribution in [1.82, 2.24) is 10.3 Å². The lowest BCUT2D eigenvalue weighted by atomic mass is 10.2. The molecule has 1 N–H and O–H groups in total. The van der Waals surface area contributed by atoms with Crippen molar-refractivity contribution in [1.29, 1.82) is 0 Å². The van der Waals surface area contributed by atoms with Crippen LogP contribution >= 0.6 is 23.2 Å². The van der Waals surface area contributed by atoms with Crippen molar-refractivity contribution in [2.45, 2.75) is 19.6 Å². The Balaban J connectivity index is 1.48. The molecule has 0 atom stereocenters. The maximum Gasteiger partial charge on any atom is 0.213 e. The van der Waals surface area contributed by atoms with Crippen molar-refractivity contribution >= 4 is 23.2 Å². The van der Waals surface area contributed by atoms with Gasteiger partial charge in [-0.05, 0) is 54.4 Å². The van der Waals surface area contributed by atoms with Crippen LogP contribution in [0.15, 0.2) is 60.8 Å². The van der Waals surface area contributed by atoms with Crippen molar-refractivity contribution in [2.75, 3.05) is 20.3 Å². The zero-order valence-electron chi connectivity index (χ0n) is 16.7. The number of halogens is 2. The lowest BCUT2D eigenvalue weighted by molar-refractivity contribution is 0.284. The average molecular weight is 447 g/mol. The van der Waals surface area contributed by atoms with Crippen molar-refractivity contribution < 1.29 is 14.2 Å². The molecule has 158 valence electrons. The number of ether oxygens (including phenoxy) is 3. The van der Waals surface area contributed by atoms with E-state index >= 15 is 0 Å². The van der Waals surface area contributed by atoms with Crippen molar-refractivity contribution in [3.63, 3.8) is 0 Å². The lowest BCUT2D eigenvalue weighted by Gasteiger charge is -2.15. The van der Waals surface area contributed by atoms with Crippen molar-refractivity contribution in [2.24, 2.45) is 0 Å². The summed E-state index contributed by atoms with van der Waals surface area (Å²) in [5.41, 5.74) is 1.97. The normalized spacial score (nSPS) is 10.6. The number of nitrogens with one attached hydrogen (secondary N) is 1. The third kappa shape index (κ3) is 6.80. The number of benzene rings is 2. The van der Waals surface area contributed by atoms with E-state index in [-0.39, 0.29) is 0 Å². The van der Waals surface area contributed by atoms with Gasteiger partial charge in [-0.15, -0.1) is 0 Å². The fourth-order valence-electron chi connectivity index (χ4n) is 2.84. The van der Waals surface area contributed by atoms with E-state index in [1.165, 1.54) is 0 Å². The van der Waals surface area contributed by atoms with E-state index in [9.17, 15) is 0 Å². The lowest BCUT2D eigenvalue weighted by Crippen LogP contribution is -2.17. The molecular formula is C23H24Cl2N2O3. The van der Waals surface area contributed by atoms with Gasteiger partial charge in [-0.1, -0.05) is 41.4 Å². The van der Waals surface area contributed by atoms with Gasteiger partial charge in [0.25, 0.3) is 0 Å². The Morgan fingerprint density at radius 2 is 1.87 bits per heavy atom. The van der Waals surface area contributed by atoms with Crippen LogP contribution in [0.5, 0.6) is 17.4 Å². The topological polar surface area (TPSA) is 52.6 Å². The highest BCUT2D eigenvalue weighted by atomic mass is 35.5. The molecule has 30 heavy (non-hydrogen) atoms. The number of nitrogens with zero attached hydrogens (tertiary/aromatic N) is 1. The van der Waals surface area contributed by atoms with Gasteiger partial charge in [0.05, 0.1) is 18.7 Å². The van der Waals surface area contributed by atoms with Gasteiger partial charge in [0, 0.05) is 23.8 Å². The molecule has 3 aromatic rings. The first-order chi connectivity index (χ1) is 14.7. The highest BCUT2D eigenvalue weighted by molar-refractivity contribution is 6.32. The van der Waals surface area contributed by atoms with Gasteiger partial charge in [0.1, 0.15) is 6.61 Å². The number of hydrogen-bond donors (Lipinski definition) is 1. The standard InChI is InChI=1S/C23H24Cl2N2O3/c1-28-21-14-18(15-26-9-5-11-29-22-8-2-3-10-27-22)13-20(25)23(21)30-16-17-6-4-7-19(24)12-17/h2-4,6-8,10,12-14,26H,5,9,11,15-16H2,1H3. The van der Waals surface area contributed by atoms with Gasteiger partial charge >= 0.3 is 0 Å². The highest BCUT2D eigenvalue weighted by Crippen LogP contribution is 2.37. The molecule has 0 unspecified atom stereocenters. The first kappa shape index (κ1) is 22.2. The summed E-state index contributed by atoms with van der Waals surface area (Å²) in [5.74, 6) is 1.76. The Bertz CT molecular complexity index is 939. The number of pyridine rings is 1. The third-order valence-electron chi connectivity index (χ3n) is 4.28. The van der Waals surface area contributed by atoms with E-state index in [4.69, 9.17) is 37.4 Å². The molecule has 0 spiro atoms. The number of rotatable bonds is 11. The van der Waals surface area contributed by atoms with Crippen LogP contribution in [-0.4, -0.2) is 25.2 Å². The molecule has 0 radical (unpaired) electrons. The molecular weight excluding hydrogens is 423 g/mol. The maximum atomic E-state index is 6.46. The first-order valence-corrected chi connectivity index (χ1v) is 10.4. The molecule has 3 rings (SSSR count). The van der Waals surface area contributed by atoms with Gasteiger partial charge in [-0.2, -0.15) is 0 Å². The summed E-state index contributed by atoms with van der Waals surface area (Å²) in [5, 5.41) is 4.55. The number of methoxy groups -OCH3 is 1. The quantitative estimate of drug-likeness (QED) is 0.392. The van der Waals surface area contributed by atoms with Gasteiger partial charge in [0.2, 0.25) is 5.88 Å². The molecule has 2 aromatic carbocycles. The largest absolute Gasteiger partial charge is 0.493 e. The van der Waals surface area contributed by atoms with Crippen LogP contribution in [0.4, 0.5) is 0 Å². The van der Waals surface area contributed by atoms with Crippen LogP contribution in [0.2, 0.25) is 10.0 Å². The Hall–Kier alpha value is -2.47. The second-order valence-corrected chi connectivity index (χ2v) is 7.42. The minimum absolute atomic E-state index is 0.352. The van der Waals surface area contributed by atoms with E-state index in [0.717, 1.165) is 24.1 Å². The van der Waals surface area contributed by atoms with Crippen LogP contribution < -0.4 is 19.5 Å². The summed E-state index contributed by atoms with van der Waals surface area (Å²) in [7, 11) is 1.60. The molecule has 0 fully saturated rings. The van der Waals surface area contributed by atoms with E-state index in [1.807, 2.05) is 54.6 Å². The van der Waals surface area contributed by atoms with Crippen LogP contribution in [0, 0.1) is 0 Å². The maximum absolute atomic E-state index is 6.46. The van der Waals surface area contributed by atoms with Gasteiger partial charge < -0.3 is 19.5 Å². The van der Waals surface area contributed by atoms with Crippen molar-refractivity contribution in [3.05, 3.63) is 82.0 Å². The second-order valence-electron chi connectivity index (χ2n) is 6.57. The predicted octanol–water partition coefficient (Wildman–Crippen LogP) is 5.53. The summed E-state index contributed by atoms with van der Waals surface area (Å²) >= 11 is 12.5. The van der Waals surface area contributed by atoms with Crippen LogP contribution in [-0.2, 0) is 13.2 Å². The smallest absolute Gasteiger partial charge is 0.213 e. The van der Waals surface area contributed by atoms with Crippen LogP contribution in [0.25, 0.3) is 0 Å². The molecule has 0 aliphatic heterocycles. The Kier molecular flexibility index (Phi) is 8.63. The summed E-state index contributed by atoms with van der Waals surface area (Å²) in [4.78, 5) is 4.13. The van der Waals surface area contributed by atoms with E-state index in [2.05, 4.69) is 10.3 Å². The fourth-order valence-corrected chi connectivity index (χ4v) is 3.34. The highest BCUT2D eigenvalue weighted by Gasteiger charge is 2.12. The SMILES string of the molecule is COc1cc(CNCCCOc2ccccn2)cc(Cl)c1OCc1cccc(Cl)c1. The minimum atomic E-state index is 0.352. The molecule has 0 saturated heterocycles. The van der Waals surface area contributed by atoms with Gasteiger partial charge in [-0.3, -0.25) is 0 Å². The predicted molar refractivity (Wildman–Crippen MR) is 120 cm³/mol. The average Bonchev–Trinajstić information content (AvgIpc) is 2.76. The summed E-state index contributed by atoms with van der Waals surface area (Å²) in [6, 6.07) is 16.9.